The number of hydrogen-bond donors (Lipinski definition) is 1. The van der Waals surface area contributed by atoms with E-state index in [4.69, 9.17) is 10.5 Å². The normalized spacial score (nSPS) is 10.1. The minimum absolute atomic E-state index is 0.0144. The van der Waals surface area contributed by atoms with Crippen molar-refractivity contribution in [3.05, 3.63) is 54.1 Å². The lowest BCUT2D eigenvalue weighted by Gasteiger charge is -2.10. The van der Waals surface area contributed by atoms with E-state index >= 15 is 0 Å². The maximum Gasteiger partial charge on any atom is 0.176 e. The van der Waals surface area contributed by atoms with E-state index in [1.54, 1.807) is 19.2 Å². The summed E-state index contributed by atoms with van der Waals surface area (Å²) >= 11 is 0. The number of ketones is 1. The van der Waals surface area contributed by atoms with Crippen molar-refractivity contribution in [2.24, 2.45) is 5.73 Å². The fourth-order valence-electron chi connectivity index (χ4n) is 1.84. The maximum absolute atomic E-state index is 11.6. The second-order valence-electron chi connectivity index (χ2n) is 3.91. The Balaban J connectivity index is 2.53. The van der Waals surface area contributed by atoms with Crippen LogP contribution in [-0.4, -0.2) is 19.4 Å². The third-order valence-electron chi connectivity index (χ3n) is 2.79. The zero-order chi connectivity index (χ0) is 13.0. The Morgan fingerprint density at radius 2 is 1.89 bits per heavy atom. The van der Waals surface area contributed by atoms with E-state index in [-0.39, 0.29) is 12.3 Å². The number of carbonyl (C=O) groups excluding carboxylic acids is 1. The van der Waals surface area contributed by atoms with Gasteiger partial charge in [-0.25, -0.2) is 0 Å². The third kappa shape index (κ3) is 2.41. The van der Waals surface area contributed by atoms with Gasteiger partial charge in [-0.1, -0.05) is 30.3 Å². The highest BCUT2D eigenvalue weighted by Gasteiger charge is 2.10. The van der Waals surface area contributed by atoms with E-state index in [1.807, 2.05) is 36.4 Å². The van der Waals surface area contributed by atoms with Gasteiger partial charge in [0.2, 0.25) is 0 Å². The van der Waals surface area contributed by atoms with Crippen molar-refractivity contribution < 1.29 is 9.53 Å². The van der Waals surface area contributed by atoms with E-state index in [9.17, 15) is 4.79 Å². The van der Waals surface area contributed by atoms with Crippen molar-refractivity contribution in [3.63, 3.8) is 0 Å². The largest absolute Gasteiger partial charge is 0.496 e. The molecule has 0 amide bonds. The molecule has 2 aromatic rings. The predicted octanol–water partition coefficient (Wildman–Crippen LogP) is 2.50. The van der Waals surface area contributed by atoms with Gasteiger partial charge in [0.05, 0.1) is 13.7 Å². The number of Topliss-reactive ketones (excluding diaryl/α,β-unsaturated/α-hetero) is 1. The van der Waals surface area contributed by atoms with Crippen LogP contribution in [0.25, 0.3) is 11.1 Å². The molecule has 0 aliphatic heterocycles. The van der Waals surface area contributed by atoms with Crippen LogP contribution in [-0.2, 0) is 0 Å². The number of rotatable bonds is 4. The van der Waals surface area contributed by atoms with Crippen molar-refractivity contribution in [2.75, 3.05) is 13.7 Å². The number of hydrogen-bond acceptors (Lipinski definition) is 3. The molecule has 0 unspecified atom stereocenters. The van der Waals surface area contributed by atoms with Gasteiger partial charge in [-0.15, -0.1) is 0 Å². The smallest absolute Gasteiger partial charge is 0.176 e. The Kier molecular flexibility index (Phi) is 3.75. The van der Waals surface area contributed by atoms with Gasteiger partial charge in [0.1, 0.15) is 5.75 Å². The van der Waals surface area contributed by atoms with Gasteiger partial charge >= 0.3 is 0 Å². The van der Waals surface area contributed by atoms with Crippen LogP contribution in [0.3, 0.4) is 0 Å². The Labute approximate surface area is 106 Å². The summed E-state index contributed by atoms with van der Waals surface area (Å²) in [5.41, 5.74) is 7.91. The molecule has 0 aromatic heterocycles. The van der Waals surface area contributed by atoms with E-state index < -0.39 is 0 Å². The van der Waals surface area contributed by atoms with Gasteiger partial charge in [-0.3, -0.25) is 4.79 Å². The second kappa shape index (κ2) is 5.47. The highest BCUT2D eigenvalue weighted by Crippen LogP contribution is 2.30. The molecular weight excluding hydrogens is 226 g/mol. The predicted molar refractivity (Wildman–Crippen MR) is 71.8 cm³/mol. The molecule has 0 bridgehead atoms. The van der Waals surface area contributed by atoms with Crippen LogP contribution in [0.4, 0.5) is 0 Å². The molecule has 0 aliphatic carbocycles. The number of nitrogens with two attached hydrogens (primary N) is 1. The van der Waals surface area contributed by atoms with Crippen LogP contribution < -0.4 is 10.5 Å². The quantitative estimate of drug-likeness (QED) is 0.837. The SMILES string of the molecule is COc1ccc(C(=O)CN)cc1-c1ccccc1. The molecule has 0 atom stereocenters. The lowest BCUT2D eigenvalue weighted by atomic mass is 10.00. The summed E-state index contributed by atoms with van der Waals surface area (Å²) in [6.07, 6.45) is 0. The molecule has 18 heavy (non-hydrogen) atoms. The minimum atomic E-state index is -0.0742. The zero-order valence-corrected chi connectivity index (χ0v) is 10.2. The fraction of sp³-hybridized carbons (Fsp3) is 0.133. The monoisotopic (exact) mass is 241 g/mol. The lowest BCUT2D eigenvalue weighted by Crippen LogP contribution is -2.13. The molecular formula is C15H15NO2. The van der Waals surface area contributed by atoms with Gasteiger partial charge in [-0.05, 0) is 23.8 Å². The van der Waals surface area contributed by atoms with Gasteiger partial charge in [-0.2, -0.15) is 0 Å². The molecule has 0 spiro atoms. The van der Waals surface area contributed by atoms with Gasteiger partial charge in [0, 0.05) is 11.1 Å². The standard InChI is InChI=1S/C15H15NO2/c1-18-15-8-7-12(14(17)10-16)9-13(15)11-5-3-2-4-6-11/h2-9H,10,16H2,1H3. The third-order valence-corrected chi connectivity index (χ3v) is 2.79. The second-order valence-corrected chi connectivity index (χ2v) is 3.91. The topological polar surface area (TPSA) is 52.3 Å². The molecule has 0 radical (unpaired) electrons. The molecule has 0 fully saturated rings. The van der Waals surface area contributed by atoms with Crippen molar-refractivity contribution in [2.45, 2.75) is 0 Å². The average Bonchev–Trinajstić information content (AvgIpc) is 2.46. The summed E-state index contributed by atoms with van der Waals surface area (Å²) in [6, 6.07) is 15.2. The van der Waals surface area contributed by atoms with Crippen LogP contribution in [0.2, 0.25) is 0 Å². The van der Waals surface area contributed by atoms with Crippen molar-refractivity contribution in [1.82, 2.24) is 0 Å². The summed E-state index contributed by atoms with van der Waals surface area (Å²) in [7, 11) is 1.62. The molecule has 3 heteroatoms. The maximum atomic E-state index is 11.6. The first kappa shape index (κ1) is 12.3. The summed E-state index contributed by atoms with van der Waals surface area (Å²) in [5.74, 6) is 0.671. The van der Waals surface area contributed by atoms with Crippen LogP contribution in [0.15, 0.2) is 48.5 Å². The summed E-state index contributed by atoms with van der Waals surface area (Å²) in [6.45, 7) is 0.0144. The molecule has 2 N–H and O–H groups in total. The minimum Gasteiger partial charge on any atom is -0.496 e. The first-order valence-electron chi connectivity index (χ1n) is 5.73. The van der Waals surface area contributed by atoms with Gasteiger partial charge < -0.3 is 10.5 Å². The van der Waals surface area contributed by atoms with E-state index in [0.29, 0.717) is 5.56 Å². The number of benzene rings is 2. The molecule has 0 aliphatic rings. The zero-order valence-electron chi connectivity index (χ0n) is 10.2. The Hall–Kier alpha value is -2.13. The number of ether oxygens (including phenoxy) is 1. The molecule has 2 aromatic carbocycles. The van der Waals surface area contributed by atoms with Crippen molar-refractivity contribution in [3.8, 4) is 16.9 Å². The van der Waals surface area contributed by atoms with Gasteiger partial charge in [0.15, 0.2) is 5.78 Å². The van der Waals surface area contributed by atoms with Crippen molar-refractivity contribution >= 4 is 5.78 Å². The summed E-state index contributed by atoms with van der Waals surface area (Å²) in [5, 5.41) is 0. The Bertz CT molecular complexity index is 550. The van der Waals surface area contributed by atoms with Crippen LogP contribution in [0, 0.1) is 0 Å². The Morgan fingerprint density at radius 3 is 2.50 bits per heavy atom. The van der Waals surface area contributed by atoms with Crippen LogP contribution in [0.1, 0.15) is 10.4 Å². The van der Waals surface area contributed by atoms with E-state index in [2.05, 4.69) is 0 Å². The highest BCUT2D eigenvalue weighted by molar-refractivity contribution is 5.99. The molecule has 2 rings (SSSR count). The highest BCUT2D eigenvalue weighted by atomic mass is 16.5. The van der Waals surface area contributed by atoms with E-state index in [0.717, 1.165) is 16.9 Å². The van der Waals surface area contributed by atoms with Crippen molar-refractivity contribution in [1.29, 1.82) is 0 Å². The van der Waals surface area contributed by atoms with E-state index in [1.165, 1.54) is 0 Å². The first-order valence-corrected chi connectivity index (χ1v) is 5.73. The molecule has 92 valence electrons. The first-order chi connectivity index (χ1) is 8.76. The average molecular weight is 241 g/mol. The molecule has 3 nitrogen and oxygen atoms in total. The number of carbonyl (C=O) groups is 1. The summed E-state index contributed by atoms with van der Waals surface area (Å²) in [4.78, 5) is 11.6. The number of methoxy groups -OCH3 is 1. The lowest BCUT2D eigenvalue weighted by molar-refractivity contribution is 0.100. The Morgan fingerprint density at radius 1 is 1.17 bits per heavy atom. The summed E-state index contributed by atoms with van der Waals surface area (Å²) < 4.78 is 5.33. The fourth-order valence-corrected chi connectivity index (χ4v) is 1.84. The van der Waals surface area contributed by atoms with Crippen LogP contribution in [0.5, 0.6) is 5.75 Å². The van der Waals surface area contributed by atoms with Gasteiger partial charge in [0.25, 0.3) is 0 Å². The molecule has 0 saturated heterocycles. The molecule has 0 heterocycles. The molecule has 0 saturated carbocycles. The van der Waals surface area contributed by atoms with Crippen LogP contribution >= 0.6 is 0 Å².